The minimum absolute atomic E-state index is 0.0650. The van der Waals surface area contributed by atoms with E-state index < -0.39 is 5.82 Å². The summed E-state index contributed by atoms with van der Waals surface area (Å²) in [7, 11) is 0. The van der Waals surface area contributed by atoms with Gasteiger partial charge < -0.3 is 10.1 Å². The maximum atomic E-state index is 13.6. The molecule has 146 valence electrons. The molecule has 0 saturated carbocycles. The lowest BCUT2D eigenvalue weighted by molar-refractivity contribution is 0.0924. The van der Waals surface area contributed by atoms with E-state index in [1.807, 2.05) is 32.0 Å². The molecule has 6 nitrogen and oxygen atoms in total. The van der Waals surface area contributed by atoms with Gasteiger partial charge in [-0.15, -0.1) is 0 Å². The number of aromatic nitrogens is 3. The molecule has 1 atom stereocenters. The average Bonchev–Trinajstić information content (AvgIpc) is 3.14. The van der Waals surface area contributed by atoms with Gasteiger partial charge in [-0.2, -0.15) is 5.10 Å². The third-order valence-corrected chi connectivity index (χ3v) is 4.17. The monoisotopic (exact) mass is 382 g/mol. The van der Waals surface area contributed by atoms with Crippen molar-refractivity contribution in [3.05, 3.63) is 71.9 Å². The van der Waals surface area contributed by atoms with Gasteiger partial charge in [-0.05, 0) is 37.1 Å². The van der Waals surface area contributed by atoms with Crippen LogP contribution in [0.15, 0.2) is 54.9 Å². The molecule has 28 heavy (non-hydrogen) atoms. The number of ether oxygens (including phenoxy) is 1. The highest BCUT2D eigenvalue weighted by molar-refractivity contribution is 5.95. The van der Waals surface area contributed by atoms with Crippen LogP contribution in [0.1, 0.15) is 42.7 Å². The molecule has 0 bridgehead atoms. The van der Waals surface area contributed by atoms with Crippen molar-refractivity contribution in [2.45, 2.75) is 32.7 Å². The van der Waals surface area contributed by atoms with Gasteiger partial charge in [-0.3, -0.25) is 4.79 Å². The van der Waals surface area contributed by atoms with Crippen molar-refractivity contribution in [1.29, 1.82) is 0 Å². The van der Waals surface area contributed by atoms with Crippen LogP contribution in [0.5, 0.6) is 5.75 Å². The van der Waals surface area contributed by atoms with E-state index in [2.05, 4.69) is 15.4 Å². The molecule has 0 radical (unpaired) electrons. The van der Waals surface area contributed by atoms with Gasteiger partial charge in [-0.25, -0.2) is 14.1 Å². The highest BCUT2D eigenvalue weighted by Crippen LogP contribution is 2.22. The molecule has 3 rings (SSSR count). The van der Waals surface area contributed by atoms with Crippen LogP contribution in [0.4, 0.5) is 4.39 Å². The Kier molecular flexibility index (Phi) is 6.03. The van der Waals surface area contributed by atoms with E-state index in [4.69, 9.17) is 4.74 Å². The minimum atomic E-state index is -0.431. The molecule has 0 spiro atoms. The largest absolute Gasteiger partial charge is 0.488 e. The Labute approximate surface area is 163 Å². The second kappa shape index (κ2) is 8.65. The highest BCUT2D eigenvalue weighted by Gasteiger charge is 2.22. The van der Waals surface area contributed by atoms with Crippen molar-refractivity contribution in [3.8, 4) is 11.6 Å². The molecule has 7 heteroatoms. The number of pyridine rings is 1. The predicted molar refractivity (Wildman–Crippen MR) is 104 cm³/mol. The van der Waals surface area contributed by atoms with E-state index in [-0.39, 0.29) is 30.2 Å². The van der Waals surface area contributed by atoms with Crippen LogP contribution in [0.3, 0.4) is 0 Å². The van der Waals surface area contributed by atoms with Crippen molar-refractivity contribution in [1.82, 2.24) is 20.1 Å². The Balaban J connectivity index is 1.72. The number of hydrogen-bond acceptors (Lipinski definition) is 4. The van der Waals surface area contributed by atoms with Gasteiger partial charge in [0.15, 0.2) is 17.4 Å². The van der Waals surface area contributed by atoms with Crippen molar-refractivity contribution in [2.24, 2.45) is 0 Å². The number of hydrogen-bond donors (Lipinski definition) is 1. The van der Waals surface area contributed by atoms with Crippen LogP contribution >= 0.6 is 0 Å². The molecule has 1 N–H and O–H groups in total. The first-order valence-corrected chi connectivity index (χ1v) is 9.15. The number of rotatable bonds is 7. The first-order chi connectivity index (χ1) is 13.5. The Morgan fingerprint density at radius 1 is 1.18 bits per heavy atom. The third-order valence-electron chi connectivity index (χ3n) is 4.17. The van der Waals surface area contributed by atoms with E-state index >= 15 is 0 Å². The van der Waals surface area contributed by atoms with Crippen LogP contribution < -0.4 is 10.1 Å². The van der Waals surface area contributed by atoms with Gasteiger partial charge in [-0.1, -0.05) is 32.0 Å². The molecule has 0 saturated heterocycles. The summed E-state index contributed by atoms with van der Waals surface area (Å²) in [5.41, 5.74) is 1.26. The van der Waals surface area contributed by atoms with Crippen molar-refractivity contribution in [3.63, 3.8) is 0 Å². The van der Waals surface area contributed by atoms with Crippen molar-refractivity contribution in [2.75, 3.05) is 6.61 Å². The van der Waals surface area contributed by atoms with Gasteiger partial charge >= 0.3 is 0 Å². The Morgan fingerprint density at radius 3 is 2.61 bits per heavy atom. The van der Waals surface area contributed by atoms with E-state index in [1.54, 1.807) is 42.2 Å². The molecule has 3 aromatic rings. The Morgan fingerprint density at radius 2 is 1.93 bits per heavy atom. The van der Waals surface area contributed by atoms with E-state index in [0.29, 0.717) is 11.4 Å². The van der Waals surface area contributed by atoms with E-state index in [0.717, 1.165) is 5.69 Å². The lowest BCUT2D eigenvalue weighted by atomic mass is 10.1. The maximum Gasteiger partial charge on any atom is 0.255 e. The maximum absolute atomic E-state index is 13.6. The van der Waals surface area contributed by atoms with Crippen molar-refractivity contribution < 1.29 is 13.9 Å². The summed E-state index contributed by atoms with van der Waals surface area (Å²) < 4.78 is 20.8. The fraction of sp³-hybridized carbons (Fsp3) is 0.286. The molecule has 0 aliphatic heterocycles. The zero-order valence-corrected chi connectivity index (χ0v) is 16.1. The first-order valence-electron chi connectivity index (χ1n) is 9.15. The average molecular weight is 382 g/mol. The van der Waals surface area contributed by atoms with Gasteiger partial charge in [0, 0.05) is 6.20 Å². The van der Waals surface area contributed by atoms with Crippen LogP contribution in [-0.4, -0.2) is 33.3 Å². The zero-order valence-electron chi connectivity index (χ0n) is 16.1. The molecular formula is C21H23FN4O2. The number of nitrogens with one attached hydrogen (secondary N) is 1. The summed E-state index contributed by atoms with van der Waals surface area (Å²) in [6, 6.07) is 11.4. The predicted octanol–water partition coefficient (Wildman–Crippen LogP) is 3.73. The quantitative estimate of drug-likeness (QED) is 0.676. The second-order valence-electron chi connectivity index (χ2n) is 6.81. The van der Waals surface area contributed by atoms with Gasteiger partial charge in [0.05, 0.1) is 23.5 Å². The van der Waals surface area contributed by atoms with Crippen LogP contribution in [0, 0.1) is 5.82 Å². The topological polar surface area (TPSA) is 69.0 Å². The molecular weight excluding hydrogens is 359 g/mol. The fourth-order valence-corrected chi connectivity index (χ4v) is 2.87. The molecule has 1 amide bonds. The lowest BCUT2D eigenvalue weighted by Crippen LogP contribution is -2.37. The van der Waals surface area contributed by atoms with E-state index in [9.17, 15) is 9.18 Å². The number of carbonyl (C=O) groups is 1. The van der Waals surface area contributed by atoms with Gasteiger partial charge in [0.25, 0.3) is 5.91 Å². The number of carbonyl (C=O) groups excluding carboxylic acids is 1. The summed E-state index contributed by atoms with van der Waals surface area (Å²) >= 11 is 0. The van der Waals surface area contributed by atoms with Crippen LogP contribution in [0.25, 0.3) is 5.82 Å². The summed E-state index contributed by atoms with van der Waals surface area (Å²) in [6.45, 7) is 5.95. The van der Waals surface area contributed by atoms with Crippen molar-refractivity contribution >= 4 is 5.91 Å². The van der Waals surface area contributed by atoms with Gasteiger partial charge in [0.2, 0.25) is 0 Å². The minimum Gasteiger partial charge on any atom is -0.488 e. The van der Waals surface area contributed by atoms with Crippen LogP contribution in [-0.2, 0) is 0 Å². The number of benzene rings is 1. The number of nitrogens with zero attached hydrogens (tertiary/aromatic N) is 3. The number of amides is 1. The smallest absolute Gasteiger partial charge is 0.255 e. The third kappa shape index (κ3) is 4.36. The molecule has 0 fully saturated rings. The fourth-order valence-electron chi connectivity index (χ4n) is 2.87. The molecule has 0 aliphatic carbocycles. The zero-order chi connectivity index (χ0) is 20.1. The standard InChI is InChI=1S/C21H23FN4O2/c1-14(2)20-16(12-24-26(20)19-10-6-7-11-23-19)21(27)25-15(3)13-28-18-9-5-4-8-17(18)22/h4-12,14-15H,13H2,1-3H3,(H,25,27). The summed E-state index contributed by atoms with van der Waals surface area (Å²) in [5.74, 6) is 0.195. The lowest BCUT2D eigenvalue weighted by Gasteiger charge is -2.16. The summed E-state index contributed by atoms with van der Waals surface area (Å²) in [6.07, 6.45) is 3.23. The van der Waals surface area contributed by atoms with Gasteiger partial charge in [0.1, 0.15) is 6.61 Å². The number of halogens is 1. The van der Waals surface area contributed by atoms with E-state index in [1.165, 1.54) is 6.07 Å². The first kappa shape index (κ1) is 19.5. The summed E-state index contributed by atoms with van der Waals surface area (Å²) in [5, 5.41) is 7.24. The summed E-state index contributed by atoms with van der Waals surface area (Å²) in [4.78, 5) is 17.1. The molecule has 1 aromatic carbocycles. The molecule has 0 aliphatic rings. The molecule has 1 unspecified atom stereocenters. The molecule has 2 aromatic heterocycles. The Bertz CT molecular complexity index is 941. The highest BCUT2D eigenvalue weighted by atomic mass is 19.1. The second-order valence-corrected chi connectivity index (χ2v) is 6.81. The van der Waals surface area contributed by atoms with Crippen LogP contribution in [0.2, 0.25) is 0 Å². The Hall–Kier alpha value is -3.22. The number of para-hydroxylation sites is 1. The SMILES string of the molecule is CC(COc1ccccc1F)NC(=O)c1cnn(-c2ccccn2)c1C(C)C. The normalized spacial score (nSPS) is 12.0. The molecule has 2 heterocycles.